The summed E-state index contributed by atoms with van der Waals surface area (Å²) in [5.74, 6) is 3.80. The number of likely N-dealkylation sites (tertiary alicyclic amines) is 1. The van der Waals surface area contributed by atoms with Crippen LogP contribution in [-0.2, 0) is 6.54 Å². The molecule has 0 amide bonds. The van der Waals surface area contributed by atoms with Crippen molar-refractivity contribution < 1.29 is 14.2 Å². The minimum Gasteiger partial charge on any atom is -0.493 e. The lowest BCUT2D eigenvalue weighted by atomic mass is 9.92. The zero-order chi connectivity index (χ0) is 23.4. The highest BCUT2D eigenvalue weighted by Gasteiger charge is 2.36. The number of nitrogens with zero attached hydrogens (tertiary/aromatic N) is 5. The summed E-state index contributed by atoms with van der Waals surface area (Å²) < 4.78 is 16.8. The molecule has 0 spiro atoms. The predicted octanol–water partition coefficient (Wildman–Crippen LogP) is 2.88. The fourth-order valence-electron chi connectivity index (χ4n) is 5.25. The number of methoxy groups -OCH3 is 3. The van der Waals surface area contributed by atoms with Gasteiger partial charge in [0.2, 0.25) is 11.7 Å². The molecule has 3 heterocycles. The predicted molar refractivity (Wildman–Crippen MR) is 130 cm³/mol. The first-order valence-corrected chi connectivity index (χ1v) is 11.8. The molecule has 0 unspecified atom stereocenters. The van der Waals surface area contributed by atoms with E-state index in [1.165, 1.54) is 12.8 Å². The molecule has 2 saturated heterocycles. The lowest BCUT2D eigenvalue weighted by molar-refractivity contribution is 0.277. The van der Waals surface area contributed by atoms with Crippen molar-refractivity contribution in [2.45, 2.75) is 25.3 Å². The third kappa shape index (κ3) is 5.17. The third-order valence-corrected chi connectivity index (χ3v) is 6.73. The number of rotatable bonds is 9. The molecule has 4 rings (SSSR count). The van der Waals surface area contributed by atoms with E-state index in [0.29, 0.717) is 23.3 Å². The molecule has 0 radical (unpaired) electrons. The lowest BCUT2D eigenvalue weighted by Gasteiger charge is -2.23. The maximum atomic E-state index is 5.73. The molecule has 0 saturated carbocycles. The van der Waals surface area contributed by atoms with E-state index >= 15 is 0 Å². The molecule has 0 aliphatic carbocycles. The highest BCUT2D eigenvalue weighted by Crippen LogP contribution is 2.41. The van der Waals surface area contributed by atoms with Gasteiger partial charge >= 0.3 is 0 Å². The van der Waals surface area contributed by atoms with Gasteiger partial charge in [-0.2, -0.15) is 0 Å². The van der Waals surface area contributed by atoms with Crippen molar-refractivity contribution in [1.82, 2.24) is 19.8 Å². The molecule has 33 heavy (non-hydrogen) atoms. The van der Waals surface area contributed by atoms with Gasteiger partial charge in [0, 0.05) is 56.9 Å². The van der Waals surface area contributed by atoms with E-state index in [2.05, 4.69) is 45.9 Å². The van der Waals surface area contributed by atoms with Crippen molar-refractivity contribution in [2.24, 2.45) is 5.92 Å². The van der Waals surface area contributed by atoms with Crippen LogP contribution in [0.15, 0.2) is 24.4 Å². The van der Waals surface area contributed by atoms with Gasteiger partial charge in [0.1, 0.15) is 0 Å². The monoisotopic (exact) mass is 455 g/mol. The summed E-state index contributed by atoms with van der Waals surface area (Å²) in [5.41, 5.74) is 2.25. The van der Waals surface area contributed by atoms with Crippen molar-refractivity contribution in [3.05, 3.63) is 35.7 Å². The van der Waals surface area contributed by atoms with Gasteiger partial charge in [0.25, 0.3) is 0 Å². The molecular formula is C25H37N5O3. The summed E-state index contributed by atoms with van der Waals surface area (Å²) >= 11 is 0. The molecule has 0 N–H and O–H groups in total. The first-order valence-electron chi connectivity index (χ1n) is 11.8. The maximum Gasteiger partial charge on any atom is 0.225 e. The van der Waals surface area contributed by atoms with Crippen molar-refractivity contribution in [1.29, 1.82) is 0 Å². The van der Waals surface area contributed by atoms with Crippen molar-refractivity contribution in [3.8, 4) is 17.2 Å². The van der Waals surface area contributed by atoms with Crippen LogP contribution in [0, 0.1) is 5.92 Å². The number of hydrogen-bond donors (Lipinski definition) is 0. The highest BCUT2D eigenvalue weighted by atomic mass is 16.5. The smallest absolute Gasteiger partial charge is 0.225 e. The number of aromatic nitrogens is 2. The summed E-state index contributed by atoms with van der Waals surface area (Å²) in [6, 6.07) is 6.13. The van der Waals surface area contributed by atoms with E-state index < -0.39 is 0 Å². The third-order valence-electron chi connectivity index (χ3n) is 6.73. The molecule has 8 nitrogen and oxygen atoms in total. The van der Waals surface area contributed by atoms with Gasteiger partial charge < -0.3 is 24.0 Å². The number of benzene rings is 1. The Balaban J connectivity index is 1.57. The molecule has 8 heteroatoms. The van der Waals surface area contributed by atoms with Crippen molar-refractivity contribution >= 4 is 5.95 Å². The van der Waals surface area contributed by atoms with E-state index in [1.54, 1.807) is 21.3 Å². The normalized spacial score (nSPS) is 21.1. The standard InChI is InChI=1S/C25H37N5O3/c1-28(2)14-19-16-29(15-18-8-9-22(31-3)24(33-5)23(18)32-4)17-20(19)21-10-11-26-25(27-21)30-12-6-7-13-30/h8-11,19-20H,6-7,12-17H2,1-5H3/t19-,20-/m1/s1. The summed E-state index contributed by atoms with van der Waals surface area (Å²) in [7, 11) is 9.27. The first-order chi connectivity index (χ1) is 16.0. The van der Waals surface area contributed by atoms with E-state index in [9.17, 15) is 0 Å². The van der Waals surface area contributed by atoms with Gasteiger partial charge in [-0.25, -0.2) is 9.97 Å². The maximum absolute atomic E-state index is 5.73. The van der Waals surface area contributed by atoms with Crippen molar-refractivity contribution in [2.75, 3.05) is 73.0 Å². The molecule has 2 aliphatic rings. The van der Waals surface area contributed by atoms with Crippen LogP contribution in [0.3, 0.4) is 0 Å². The Morgan fingerprint density at radius 1 is 0.970 bits per heavy atom. The highest BCUT2D eigenvalue weighted by molar-refractivity contribution is 5.55. The minimum absolute atomic E-state index is 0.364. The number of ether oxygens (including phenoxy) is 3. The van der Waals surface area contributed by atoms with Gasteiger partial charge in [0.05, 0.1) is 27.0 Å². The number of hydrogen-bond acceptors (Lipinski definition) is 8. The summed E-state index contributed by atoms with van der Waals surface area (Å²) in [6.07, 6.45) is 4.38. The Morgan fingerprint density at radius 3 is 2.39 bits per heavy atom. The van der Waals surface area contributed by atoms with Crippen LogP contribution in [0.1, 0.15) is 30.0 Å². The molecule has 1 aromatic heterocycles. The average molecular weight is 456 g/mol. The minimum atomic E-state index is 0.364. The zero-order valence-corrected chi connectivity index (χ0v) is 20.6. The van der Waals surface area contributed by atoms with Gasteiger partial charge in [-0.1, -0.05) is 6.07 Å². The Hall–Kier alpha value is -2.58. The van der Waals surface area contributed by atoms with Crippen LogP contribution in [0.5, 0.6) is 17.2 Å². The average Bonchev–Trinajstić information content (AvgIpc) is 3.49. The molecular weight excluding hydrogens is 418 g/mol. The quantitative estimate of drug-likeness (QED) is 0.572. The molecule has 2 atom stereocenters. The van der Waals surface area contributed by atoms with E-state index in [4.69, 9.17) is 19.2 Å². The zero-order valence-electron chi connectivity index (χ0n) is 20.6. The van der Waals surface area contributed by atoms with Gasteiger partial charge in [-0.15, -0.1) is 0 Å². The van der Waals surface area contributed by atoms with Gasteiger partial charge in [0.15, 0.2) is 11.5 Å². The van der Waals surface area contributed by atoms with Crippen molar-refractivity contribution in [3.63, 3.8) is 0 Å². The SMILES string of the molecule is COc1ccc(CN2C[C@@H](CN(C)C)[C@H](c3ccnc(N4CCCC4)n3)C2)c(OC)c1OC. The van der Waals surface area contributed by atoms with Crippen LogP contribution in [0.4, 0.5) is 5.95 Å². The second-order valence-electron chi connectivity index (χ2n) is 9.29. The van der Waals surface area contributed by atoms with Gasteiger partial charge in [-0.05, 0) is 45.0 Å². The lowest BCUT2D eigenvalue weighted by Crippen LogP contribution is -2.27. The van der Waals surface area contributed by atoms with E-state index in [-0.39, 0.29) is 0 Å². The molecule has 2 fully saturated rings. The molecule has 1 aromatic carbocycles. The Bertz CT molecular complexity index is 932. The molecule has 180 valence electrons. The molecule has 2 aliphatic heterocycles. The summed E-state index contributed by atoms with van der Waals surface area (Å²) in [5, 5.41) is 0. The van der Waals surface area contributed by atoms with E-state index in [1.807, 2.05) is 12.3 Å². The Kier molecular flexibility index (Phi) is 7.55. The number of anilines is 1. The Labute approximate surface area is 197 Å². The van der Waals surface area contributed by atoms with Crippen LogP contribution in [0.2, 0.25) is 0 Å². The topological polar surface area (TPSA) is 63.2 Å². The van der Waals surface area contributed by atoms with Crippen LogP contribution < -0.4 is 19.1 Å². The van der Waals surface area contributed by atoms with Crippen LogP contribution >= 0.6 is 0 Å². The van der Waals surface area contributed by atoms with E-state index in [0.717, 1.165) is 62.2 Å². The summed E-state index contributed by atoms with van der Waals surface area (Å²) in [6.45, 7) is 5.87. The largest absolute Gasteiger partial charge is 0.493 e. The second kappa shape index (κ2) is 10.6. The summed E-state index contributed by atoms with van der Waals surface area (Å²) in [4.78, 5) is 16.7. The fourth-order valence-corrected chi connectivity index (χ4v) is 5.25. The van der Waals surface area contributed by atoms with Crippen LogP contribution in [0.25, 0.3) is 0 Å². The Morgan fingerprint density at radius 2 is 1.73 bits per heavy atom. The second-order valence-corrected chi connectivity index (χ2v) is 9.29. The van der Waals surface area contributed by atoms with Gasteiger partial charge in [-0.3, -0.25) is 4.90 Å². The fraction of sp³-hybridized carbons (Fsp3) is 0.600. The molecule has 0 bridgehead atoms. The first kappa shape index (κ1) is 23.6. The van der Waals surface area contributed by atoms with Crippen LogP contribution in [-0.4, -0.2) is 87.9 Å². The molecule has 2 aromatic rings.